The van der Waals surface area contributed by atoms with Crippen LogP contribution in [0.25, 0.3) is 5.00 Å². The zero-order valence-electron chi connectivity index (χ0n) is 20.9. The first kappa shape index (κ1) is 26.0. The molecule has 6 nitrogen and oxygen atoms in total. The van der Waals surface area contributed by atoms with Crippen LogP contribution >= 0.6 is 35.2 Å². The van der Waals surface area contributed by atoms with Gasteiger partial charge in [-0.3, -0.25) is 9.56 Å². The molecular formula is C27H22ClF3N6S2. The van der Waals surface area contributed by atoms with Gasteiger partial charge in [0, 0.05) is 27.6 Å². The molecule has 2 aliphatic rings. The van der Waals surface area contributed by atoms with E-state index < -0.39 is 11.7 Å². The lowest BCUT2D eigenvalue weighted by atomic mass is 9.95. The number of aryl methyl sites for hydroxylation is 1. The lowest BCUT2D eigenvalue weighted by Crippen LogP contribution is -2.38. The summed E-state index contributed by atoms with van der Waals surface area (Å²) in [4.78, 5) is 8.04. The van der Waals surface area contributed by atoms with Crippen molar-refractivity contribution in [3.8, 4) is 5.00 Å². The van der Waals surface area contributed by atoms with E-state index in [0.717, 1.165) is 50.0 Å². The largest absolute Gasteiger partial charge is 0.418 e. The van der Waals surface area contributed by atoms with Crippen LogP contribution < -0.4 is 5.32 Å². The molecule has 0 saturated heterocycles. The van der Waals surface area contributed by atoms with Gasteiger partial charge in [-0.1, -0.05) is 41.9 Å². The molecule has 1 unspecified atom stereocenters. The van der Waals surface area contributed by atoms with Crippen LogP contribution in [0.1, 0.15) is 51.7 Å². The maximum absolute atomic E-state index is 13.5. The Balaban J connectivity index is 1.40. The van der Waals surface area contributed by atoms with Crippen molar-refractivity contribution in [1.29, 1.82) is 0 Å². The number of benzene rings is 2. The minimum absolute atomic E-state index is 0.0605. The van der Waals surface area contributed by atoms with Crippen molar-refractivity contribution in [3.63, 3.8) is 0 Å². The summed E-state index contributed by atoms with van der Waals surface area (Å²) < 4.78 is 42.7. The fourth-order valence-electron chi connectivity index (χ4n) is 5.07. The van der Waals surface area contributed by atoms with Gasteiger partial charge in [0.25, 0.3) is 0 Å². The van der Waals surface area contributed by atoms with Crippen LogP contribution in [0, 0.1) is 6.92 Å². The van der Waals surface area contributed by atoms with Crippen LogP contribution in [0.4, 0.5) is 18.9 Å². The third kappa shape index (κ3) is 4.52. The minimum atomic E-state index is -4.49. The summed E-state index contributed by atoms with van der Waals surface area (Å²) in [5.41, 5.74) is 2.97. The minimum Gasteiger partial charge on any atom is -0.344 e. The van der Waals surface area contributed by atoms with Gasteiger partial charge in [0.1, 0.15) is 16.9 Å². The third-order valence-corrected chi connectivity index (χ3v) is 8.81. The van der Waals surface area contributed by atoms with Gasteiger partial charge >= 0.3 is 6.18 Å². The highest BCUT2D eigenvalue weighted by Crippen LogP contribution is 2.42. The molecule has 2 aliphatic heterocycles. The first-order valence-electron chi connectivity index (χ1n) is 12.3. The zero-order valence-corrected chi connectivity index (χ0v) is 23.3. The quantitative estimate of drug-likeness (QED) is 0.257. The summed E-state index contributed by atoms with van der Waals surface area (Å²) in [7, 11) is 0. The number of hydrogen-bond acceptors (Lipinski definition) is 5. The Hall–Kier alpha value is -3.28. The van der Waals surface area contributed by atoms with Crippen molar-refractivity contribution in [2.45, 2.75) is 39.0 Å². The molecule has 12 heteroatoms. The van der Waals surface area contributed by atoms with Gasteiger partial charge < -0.3 is 10.2 Å². The molecule has 6 rings (SSSR count). The van der Waals surface area contributed by atoms with E-state index in [1.165, 1.54) is 12.1 Å². The molecule has 2 aromatic heterocycles. The molecule has 0 radical (unpaired) electrons. The smallest absolute Gasteiger partial charge is 0.344 e. The van der Waals surface area contributed by atoms with Crippen molar-refractivity contribution in [2.75, 3.05) is 11.9 Å². The number of anilines is 1. The number of thiocarbonyl (C=S) groups is 1. The monoisotopic (exact) mass is 586 g/mol. The summed E-state index contributed by atoms with van der Waals surface area (Å²) in [6.45, 7) is 4.89. The molecule has 0 aliphatic carbocycles. The molecule has 1 N–H and O–H groups in total. The van der Waals surface area contributed by atoms with Gasteiger partial charge in [0.2, 0.25) is 0 Å². The molecule has 0 fully saturated rings. The maximum Gasteiger partial charge on any atom is 0.418 e. The van der Waals surface area contributed by atoms with E-state index >= 15 is 0 Å². The second-order valence-corrected chi connectivity index (χ2v) is 11.3. The molecular weight excluding hydrogens is 565 g/mol. The van der Waals surface area contributed by atoms with Crippen LogP contribution in [-0.2, 0) is 19.1 Å². The number of fused-ring (bicyclic) bond motifs is 5. The Kier molecular flexibility index (Phi) is 6.47. The highest BCUT2D eigenvalue weighted by Gasteiger charge is 2.36. The lowest BCUT2D eigenvalue weighted by Gasteiger charge is -2.30. The summed E-state index contributed by atoms with van der Waals surface area (Å²) in [5.74, 6) is 1.50. The van der Waals surface area contributed by atoms with Gasteiger partial charge in [0.05, 0.1) is 23.5 Å². The number of para-hydroxylation sites is 1. The first-order chi connectivity index (χ1) is 18.6. The van der Waals surface area contributed by atoms with E-state index in [9.17, 15) is 13.2 Å². The number of aromatic nitrogens is 3. The Morgan fingerprint density at radius 3 is 2.64 bits per heavy atom. The Labute approximate surface area is 237 Å². The fraction of sp³-hybridized carbons (Fsp3) is 0.259. The topological polar surface area (TPSA) is 58.3 Å². The summed E-state index contributed by atoms with van der Waals surface area (Å²) in [5, 5.41) is 13.4. The van der Waals surface area contributed by atoms with Crippen molar-refractivity contribution >= 4 is 51.7 Å². The highest BCUT2D eigenvalue weighted by molar-refractivity contribution is 7.80. The SMILES string of the molecule is Cc1nnc2n1-c1sc3c(c1C(c1ccccc1Cl)=NC2C)CCN(C(=S)Nc1ccccc1C(F)(F)F)C3. The number of hydrogen-bond donors (Lipinski definition) is 1. The summed E-state index contributed by atoms with van der Waals surface area (Å²) >= 11 is 13.8. The van der Waals surface area contributed by atoms with Gasteiger partial charge in [-0.25, -0.2) is 0 Å². The predicted molar refractivity (Wildman–Crippen MR) is 151 cm³/mol. The summed E-state index contributed by atoms with van der Waals surface area (Å²) in [6, 6.07) is 12.8. The van der Waals surface area contributed by atoms with Gasteiger partial charge in [-0.05, 0) is 56.2 Å². The van der Waals surface area contributed by atoms with E-state index in [1.807, 2.05) is 43.0 Å². The number of aliphatic imine (C=N–C) groups is 1. The first-order valence-corrected chi connectivity index (χ1v) is 13.9. The molecule has 0 amide bonds. The lowest BCUT2D eigenvalue weighted by molar-refractivity contribution is -0.136. The van der Waals surface area contributed by atoms with Gasteiger partial charge in [-0.15, -0.1) is 21.5 Å². The number of thiophene rings is 1. The van der Waals surface area contributed by atoms with E-state index in [0.29, 0.717) is 24.5 Å². The standard InChI is InChI=1S/C27H22ClF3N6S2/c1-14-24-35-34-15(2)37(24)25-22(23(32-14)16-7-3-5-9-19(16)28)17-11-12-36(13-21(17)39-25)26(38)33-20-10-6-4-8-18(20)27(29,30)31/h3-10,14H,11-13H2,1-2H3,(H,33,38). The second-order valence-electron chi connectivity index (χ2n) is 9.40. The van der Waals surface area contributed by atoms with E-state index in [4.69, 9.17) is 28.8 Å². The average molecular weight is 587 g/mol. The van der Waals surface area contributed by atoms with Gasteiger partial charge in [-0.2, -0.15) is 13.2 Å². The Bertz CT molecular complexity index is 1640. The predicted octanol–water partition coefficient (Wildman–Crippen LogP) is 6.98. The molecule has 39 heavy (non-hydrogen) atoms. The van der Waals surface area contributed by atoms with Crippen molar-refractivity contribution in [3.05, 3.63) is 92.3 Å². The second kappa shape index (κ2) is 9.72. The van der Waals surface area contributed by atoms with E-state index in [2.05, 4.69) is 20.1 Å². The maximum atomic E-state index is 13.5. The Morgan fingerprint density at radius 2 is 1.87 bits per heavy atom. The molecule has 0 bridgehead atoms. The van der Waals surface area contributed by atoms with Crippen LogP contribution in [0.3, 0.4) is 0 Å². The molecule has 4 aromatic rings. The van der Waals surface area contributed by atoms with Crippen LogP contribution in [-0.4, -0.2) is 37.0 Å². The van der Waals surface area contributed by atoms with E-state index in [1.54, 1.807) is 17.4 Å². The van der Waals surface area contributed by atoms with Gasteiger partial charge in [0.15, 0.2) is 10.9 Å². The molecule has 4 heterocycles. The number of nitrogens with zero attached hydrogens (tertiary/aromatic N) is 5. The summed E-state index contributed by atoms with van der Waals surface area (Å²) in [6.07, 6.45) is -3.85. The average Bonchev–Trinajstić information content (AvgIpc) is 3.43. The zero-order chi connectivity index (χ0) is 27.5. The third-order valence-electron chi connectivity index (χ3n) is 6.91. The number of rotatable bonds is 2. The molecule has 0 saturated carbocycles. The van der Waals surface area contributed by atoms with Crippen LogP contribution in [0.2, 0.25) is 5.02 Å². The fourth-order valence-corrected chi connectivity index (χ4v) is 6.98. The number of nitrogens with one attached hydrogen (secondary N) is 1. The van der Waals surface area contributed by atoms with E-state index in [-0.39, 0.29) is 16.8 Å². The van der Waals surface area contributed by atoms with Crippen LogP contribution in [0.5, 0.6) is 0 Å². The molecule has 200 valence electrons. The number of halogens is 4. The molecule has 1 atom stereocenters. The number of alkyl halides is 3. The molecule has 0 spiro atoms. The molecule has 2 aromatic carbocycles. The van der Waals surface area contributed by atoms with Crippen molar-refractivity contribution in [2.24, 2.45) is 4.99 Å². The van der Waals surface area contributed by atoms with Crippen LogP contribution in [0.15, 0.2) is 53.5 Å². The highest BCUT2D eigenvalue weighted by atomic mass is 35.5. The normalized spacial score (nSPS) is 16.6. The van der Waals surface area contributed by atoms with Crippen molar-refractivity contribution in [1.82, 2.24) is 19.7 Å². The van der Waals surface area contributed by atoms with Crippen molar-refractivity contribution < 1.29 is 13.2 Å². The Morgan fingerprint density at radius 1 is 1.13 bits per heavy atom.